The van der Waals surface area contributed by atoms with Crippen LogP contribution in [0, 0.1) is 0 Å². The molecule has 9 heteroatoms. The first kappa shape index (κ1) is 16.3. The van der Waals surface area contributed by atoms with Gasteiger partial charge in [-0.2, -0.15) is 0 Å². The SMILES string of the molecule is C[C@H](Sc1nncn1-c1cccc(Cl)c1)c1nnc(-c2cccs2)o1. The Kier molecular flexibility index (Phi) is 4.56. The molecule has 25 heavy (non-hydrogen) atoms. The first-order chi connectivity index (χ1) is 12.2. The Labute approximate surface area is 156 Å². The summed E-state index contributed by atoms with van der Waals surface area (Å²) in [5.41, 5.74) is 0.900. The second kappa shape index (κ2) is 6.99. The molecule has 0 aliphatic heterocycles. The van der Waals surface area contributed by atoms with Crippen LogP contribution in [0.5, 0.6) is 0 Å². The lowest BCUT2D eigenvalue weighted by atomic mass is 10.3. The van der Waals surface area contributed by atoms with E-state index in [0.29, 0.717) is 16.8 Å². The predicted molar refractivity (Wildman–Crippen MR) is 98.3 cm³/mol. The molecule has 0 aliphatic rings. The average molecular weight is 390 g/mol. The molecule has 0 unspecified atom stereocenters. The zero-order valence-electron chi connectivity index (χ0n) is 13.0. The monoisotopic (exact) mass is 389 g/mol. The van der Waals surface area contributed by atoms with E-state index in [1.54, 1.807) is 17.7 Å². The number of rotatable bonds is 5. The van der Waals surface area contributed by atoms with Crippen molar-refractivity contribution < 1.29 is 4.42 Å². The molecule has 1 atom stereocenters. The third-order valence-electron chi connectivity index (χ3n) is 3.41. The minimum atomic E-state index is -0.0663. The topological polar surface area (TPSA) is 69.6 Å². The van der Waals surface area contributed by atoms with Gasteiger partial charge in [-0.1, -0.05) is 35.5 Å². The Balaban J connectivity index is 1.56. The Bertz CT molecular complexity index is 982. The lowest BCUT2D eigenvalue weighted by molar-refractivity contribution is 0.510. The van der Waals surface area contributed by atoms with Crippen molar-refractivity contribution in [2.75, 3.05) is 0 Å². The van der Waals surface area contributed by atoms with Crippen LogP contribution in [0.15, 0.2) is 57.7 Å². The summed E-state index contributed by atoms with van der Waals surface area (Å²) in [4.78, 5) is 0.957. The van der Waals surface area contributed by atoms with Crippen LogP contribution in [0.1, 0.15) is 18.1 Å². The molecule has 1 aromatic carbocycles. The Morgan fingerprint density at radius 2 is 2.12 bits per heavy atom. The summed E-state index contributed by atoms with van der Waals surface area (Å²) in [6, 6.07) is 11.4. The van der Waals surface area contributed by atoms with E-state index in [4.69, 9.17) is 16.0 Å². The van der Waals surface area contributed by atoms with Crippen molar-refractivity contribution in [1.29, 1.82) is 0 Å². The zero-order chi connectivity index (χ0) is 17.2. The van der Waals surface area contributed by atoms with Gasteiger partial charge in [-0.15, -0.1) is 31.7 Å². The van der Waals surface area contributed by atoms with E-state index in [9.17, 15) is 0 Å². The second-order valence-corrected chi connectivity index (χ2v) is 7.84. The van der Waals surface area contributed by atoms with E-state index in [0.717, 1.165) is 15.7 Å². The quantitative estimate of drug-likeness (QED) is 0.453. The van der Waals surface area contributed by atoms with Crippen LogP contribution in [0.3, 0.4) is 0 Å². The van der Waals surface area contributed by atoms with Crippen molar-refractivity contribution in [3.8, 4) is 16.5 Å². The Morgan fingerprint density at radius 3 is 2.92 bits per heavy atom. The molecule has 0 aliphatic carbocycles. The van der Waals surface area contributed by atoms with Crippen molar-refractivity contribution in [3.63, 3.8) is 0 Å². The zero-order valence-corrected chi connectivity index (χ0v) is 15.4. The fraction of sp³-hybridized carbons (Fsp3) is 0.125. The molecule has 0 spiro atoms. The van der Waals surface area contributed by atoms with E-state index in [1.165, 1.54) is 11.8 Å². The van der Waals surface area contributed by atoms with Crippen LogP contribution in [0.4, 0.5) is 0 Å². The molecule has 0 saturated carbocycles. The third kappa shape index (κ3) is 3.46. The van der Waals surface area contributed by atoms with Crippen LogP contribution >= 0.6 is 34.7 Å². The second-order valence-electron chi connectivity index (χ2n) is 5.15. The number of aromatic nitrogens is 5. The Morgan fingerprint density at radius 1 is 1.20 bits per heavy atom. The molecule has 0 amide bonds. The summed E-state index contributed by atoms with van der Waals surface area (Å²) >= 11 is 9.13. The minimum Gasteiger partial charge on any atom is -0.419 e. The number of benzene rings is 1. The van der Waals surface area contributed by atoms with Gasteiger partial charge in [0.25, 0.3) is 5.89 Å². The number of thiophene rings is 1. The molecule has 3 heterocycles. The maximum atomic E-state index is 6.07. The van der Waals surface area contributed by atoms with Crippen molar-refractivity contribution in [2.24, 2.45) is 0 Å². The molecule has 6 nitrogen and oxygen atoms in total. The average Bonchev–Trinajstić information content (AvgIpc) is 3.35. The first-order valence-corrected chi connectivity index (χ1v) is 9.54. The van der Waals surface area contributed by atoms with Crippen molar-refractivity contribution in [3.05, 3.63) is 59.0 Å². The molecule has 3 aromatic heterocycles. The number of halogens is 1. The van der Waals surface area contributed by atoms with E-state index in [2.05, 4.69) is 20.4 Å². The van der Waals surface area contributed by atoms with Gasteiger partial charge >= 0.3 is 0 Å². The van der Waals surface area contributed by atoms with E-state index in [1.807, 2.05) is 53.3 Å². The summed E-state index contributed by atoms with van der Waals surface area (Å²) in [6.07, 6.45) is 1.66. The van der Waals surface area contributed by atoms with E-state index >= 15 is 0 Å². The van der Waals surface area contributed by atoms with Crippen LogP contribution in [-0.4, -0.2) is 25.0 Å². The van der Waals surface area contributed by atoms with Gasteiger partial charge in [0, 0.05) is 5.02 Å². The van der Waals surface area contributed by atoms with Gasteiger partial charge in [0.05, 0.1) is 15.8 Å². The van der Waals surface area contributed by atoms with Crippen LogP contribution < -0.4 is 0 Å². The van der Waals surface area contributed by atoms with Crippen molar-refractivity contribution in [1.82, 2.24) is 25.0 Å². The molecule has 0 bridgehead atoms. The standard InChI is InChI=1S/C16H12ClN5OS2/c1-10(14-19-20-15(23-14)13-6-3-7-24-13)25-16-21-18-9-22(16)12-5-2-4-11(17)8-12/h2-10H,1H3/t10-/m0/s1. The highest BCUT2D eigenvalue weighted by Gasteiger charge is 2.19. The van der Waals surface area contributed by atoms with Crippen LogP contribution in [-0.2, 0) is 0 Å². The van der Waals surface area contributed by atoms with Gasteiger partial charge in [0.2, 0.25) is 5.89 Å². The van der Waals surface area contributed by atoms with E-state index < -0.39 is 0 Å². The summed E-state index contributed by atoms with van der Waals surface area (Å²) in [5.74, 6) is 1.09. The predicted octanol–water partition coefficient (Wildman–Crippen LogP) is 4.89. The van der Waals surface area contributed by atoms with Crippen LogP contribution in [0.2, 0.25) is 5.02 Å². The molecule has 0 N–H and O–H groups in total. The van der Waals surface area contributed by atoms with Gasteiger partial charge < -0.3 is 4.42 Å². The number of nitrogens with zero attached hydrogens (tertiary/aromatic N) is 5. The van der Waals surface area contributed by atoms with Gasteiger partial charge in [-0.25, -0.2) is 0 Å². The van der Waals surface area contributed by atoms with Crippen molar-refractivity contribution in [2.45, 2.75) is 17.3 Å². The first-order valence-electron chi connectivity index (χ1n) is 7.40. The molecule has 4 aromatic rings. The molecule has 0 radical (unpaired) electrons. The molecule has 0 fully saturated rings. The molecule has 4 rings (SSSR count). The van der Waals surface area contributed by atoms with Crippen LogP contribution in [0.25, 0.3) is 16.5 Å². The van der Waals surface area contributed by atoms with Gasteiger partial charge in [-0.05, 0) is 36.6 Å². The van der Waals surface area contributed by atoms with Gasteiger partial charge in [0.15, 0.2) is 5.16 Å². The lowest BCUT2D eigenvalue weighted by Crippen LogP contribution is -1.97. The summed E-state index contributed by atoms with van der Waals surface area (Å²) < 4.78 is 7.67. The maximum Gasteiger partial charge on any atom is 0.257 e. The summed E-state index contributed by atoms with van der Waals surface area (Å²) in [5, 5.41) is 19.8. The number of hydrogen-bond acceptors (Lipinski definition) is 7. The maximum absolute atomic E-state index is 6.07. The normalized spacial score (nSPS) is 12.4. The molecule has 0 saturated heterocycles. The number of thioether (sulfide) groups is 1. The van der Waals surface area contributed by atoms with Gasteiger partial charge in [0.1, 0.15) is 6.33 Å². The van der Waals surface area contributed by atoms with Gasteiger partial charge in [-0.3, -0.25) is 4.57 Å². The highest BCUT2D eigenvalue weighted by Crippen LogP contribution is 2.35. The molecular formula is C16H12ClN5OS2. The summed E-state index contributed by atoms with van der Waals surface area (Å²) in [7, 11) is 0. The minimum absolute atomic E-state index is 0.0663. The number of hydrogen-bond donors (Lipinski definition) is 0. The highest BCUT2D eigenvalue weighted by atomic mass is 35.5. The highest BCUT2D eigenvalue weighted by molar-refractivity contribution is 7.99. The lowest BCUT2D eigenvalue weighted by Gasteiger charge is -2.09. The summed E-state index contributed by atoms with van der Waals surface area (Å²) in [6.45, 7) is 1.99. The fourth-order valence-corrected chi connectivity index (χ4v) is 3.92. The molecule has 126 valence electrons. The largest absolute Gasteiger partial charge is 0.419 e. The molecular weight excluding hydrogens is 378 g/mol. The Hall–Kier alpha value is -2.16. The third-order valence-corrected chi connectivity index (χ3v) is 5.54. The van der Waals surface area contributed by atoms with Crippen molar-refractivity contribution >= 4 is 34.7 Å². The van der Waals surface area contributed by atoms with E-state index in [-0.39, 0.29) is 5.25 Å². The smallest absolute Gasteiger partial charge is 0.257 e. The fourth-order valence-electron chi connectivity index (χ4n) is 2.22.